The van der Waals surface area contributed by atoms with Gasteiger partial charge in [0.15, 0.2) is 0 Å². The molecule has 1 heterocycles. The third-order valence-corrected chi connectivity index (χ3v) is 3.23. The van der Waals surface area contributed by atoms with E-state index in [0.29, 0.717) is 0 Å². The normalized spacial score (nSPS) is 22.1. The van der Waals surface area contributed by atoms with Crippen LogP contribution in [0.3, 0.4) is 0 Å². The van der Waals surface area contributed by atoms with Crippen LogP contribution in [-0.2, 0) is 6.18 Å². The smallest absolute Gasteiger partial charge is 0.314 e. The maximum atomic E-state index is 13.9. The van der Waals surface area contributed by atoms with Crippen LogP contribution in [0.5, 0.6) is 0 Å². The van der Waals surface area contributed by atoms with E-state index in [9.17, 15) is 17.6 Å². The lowest BCUT2D eigenvalue weighted by molar-refractivity contribution is -0.137. The van der Waals surface area contributed by atoms with Gasteiger partial charge in [-0.25, -0.2) is 4.39 Å². The van der Waals surface area contributed by atoms with Gasteiger partial charge in [-0.15, -0.1) is 0 Å². The summed E-state index contributed by atoms with van der Waals surface area (Å²) in [5, 5.41) is 3.14. The van der Waals surface area contributed by atoms with Crippen molar-refractivity contribution in [1.82, 2.24) is 5.32 Å². The number of hydrogen-bond acceptors (Lipinski definition) is 1. The van der Waals surface area contributed by atoms with Crippen molar-refractivity contribution in [1.29, 1.82) is 0 Å². The minimum Gasteiger partial charge on any atom is -0.314 e. The molecular weight excluding hydrogens is 246 g/mol. The molecule has 0 bridgehead atoms. The molecular formula is C13H15F4N. The number of benzene rings is 1. The van der Waals surface area contributed by atoms with Gasteiger partial charge in [-0.2, -0.15) is 13.2 Å². The van der Waals surface area contributed by atoms with E-state index in [4.69, 9.17) is 0 Å². The van der Waals surface area contributed by atoms with E-state index < -0.39 is 17.9 Å². The summed E-state index contributed by atoms with van der Waals surface area (Å²) >= 11 is 0. The zero-order valence-electron chi connectivity index (χ0n) is 9.80. The van der Waals surface area contributed by atoms with E-state index in [-0.39, 0.29) is 18.0 Å². The van der Waals surface area contributed by atoms with E-state index in [1.807, 2.05) is 0 Å². The largest absolute Gasteiger partial charge is 0.416 e. The predicted octanol–water partition coefficient (Wildman–Crippen LogP) is 3.86. The topological polar surface area (TPSA) is 12.0 Å². The molecule has 0 spiro atoms. The Morgan fingerprint density at radius 1 is 1.33 bits per heavy atom. The molecule has 1 aliphatic heterocycles. The molecule has 1 aromatic carbocycles. The van der Waals surface area contributed by atoms with Gasteiger partial charge in [-0.05, 0) is 43.5 Å². The van der Waals surface area contributed by atoms with Crippen LogP contribution in [-0.4, -0.2) is 12.6 Å². The molecule has 5 heteroatoms. The van der Waals surface area contributed by atoms with Gasteiger partial charge in [-0.3, -0.25) is 0 Å². The highest BCUT2D eigenvalue weighted by atomic mass is 19.4. The van der Waals surface area contributed by atoms with Crippen LogP contribution in [0, 0.1) is 0 Å². The van der Waals surface area contributed by atoms with Crippen molar-refractivity contribution in [2.45, 2.75) is 37.7 Å². The van der Waals surface area contributed by atoms with Crippen molar-refractivity contribution in [3.05, 3.63) is 35.4 Å². The molecule has 0 radical (unpaired) electrons. The number of alkyl halides is 4. The molecule has 1 saturated heterocycles. The quantitative estimate of drug-likeness (QED) is 0.815. The lowest BCUT2D eigenvalue weighted by Crippen LogP contribution is -2.22. The Bertz CT molecular complexity index is 396. The van der Waals surface area contributed by atoms with Gasteiger partial charge < -0.3 is 5.32 Å². The highest BCUT2D eigenvalue weighted by Crippen LogP contribution is 2.33. The summed E-state index contributed by atoms with van der Waals surface area (Å²) in [5.41, 5.74) is -0.680. The van der Waals surface area contributed by atoms with Gasteiger partial charge in [0, 0.05) is 6.04 Å². The van der Waals surface area contributed by atoms with Crippen LogP contribution in [0.15, 0.2) is 24.3 Å². The molecule has 1 fully saturated rings. The Kier molecular flexibility index (Phi) is 3.90. The van der Waals surface area contributed by atoms with Gasteiger partial charge >= 0.3 is 6.18 Å². The lowest BCUT2D eigenvalue weighted by Gasteiger charge is -2.15. The van der Waals surface area contributed by atoms with Crippen molar-refractivity contribution >= 4 is 0 Å². The van der Waals surface area contributed by atoms with Gasteiger partial charge in [-0.1, -0.05) is 12.1 Å². The summed E-state index contributed by atoms with van der Waals surface area (Å²) in [5.74, 6) is 0. The van der Waals surface area contributed by atoms with Crippen LogP contribution in [0.1, 0.15) is 36.6 Å². The fraction of sp³-hybridized carbons (Fsp3) is 0.538. The van der Waals surface area contributed by atoms with E-state index in [1.54, 1.807) is 0 Å². The molecule has 1 N–H and O–H groups in total. The van der Waals surface area contributed by atoms with E-state index in [0.717, 1.165) is 31.5 Å². The van der Waals surface area contributed by atoms with Crippen molar-refractivity contribution in [2.75, 3.05) is 6.54 Å². The average molecular weight is 261 g/mol. The second-order valence-electron chi connectivity index (χ2n) is 4.62. The van der Waals surface area contributed by atoms with Gasteiger partial charge in [0.05, 0.1) is 5.56 Å². The first-order valence-electron chi connectivity index (χ1n) is 6.01. The second kappa shape index (κ2) is 5.26. The molecule has 0 aliphatic carbocycles. The first-order valence-corrected chi connectivity index (χ1v) is 6.01. The lowest BCUT2D eigenvalue weighted by atomic mass is 10.0. The molecule has 100 valence electrons. The molecule has 1 nitrogen and oxygen atoms in total. The SMILES string of the molecule is FC(CC1CCCN1)c1cccc(C(F)(F)F)c1. The van der Waals surface area contributed by atoms with Crippen molar-refractivity contribution in [3.8, 4) is 0 Å². The number of nitrogens with one attached hydrogen (secondary N) is 1. The van der Waals surface area contributed by atoms with Crippen LogP contribution < -0.4 is 5.32 Å². The van der Waals surface area contributed by atoms with Crippen LogP contribution in [0.25, 0.3) is 0 Å². The standard InChI is InChI=1S/C13H15F4N/c14-12(8-11-5-2-6-18-11)9-3-1-4-10(7-9)13(15,16)17/h1,3-4,7,11-12,18H,2,5-6,8H2. The zero-order chi connectivity index (χ0) is 13.2. The fourth-order valence-electron chi connectivity index (χ4n) is 2.25. The molecule has 1 aliphatic rings. The number of halogens is 4. The van der Waals surface area contributed by atoms with Gasteiger partial charge in [0.25, 0.3) is 0 Å². The Balaban J connectivity index is 2.07. The van der Waals surface area contributed by atoms with Crippen molar-refractivity contribution in [2.24, 2.45) is 0 Å². The Morgan fingerprint density at radius 3 is 2.72 bits per heavy atom. The molecule has 0 amide bonds. The summed E-state index contributed by atoms with van der Waals surface area (Å²) in [6.07, 6.45) is -3.63. The molecule has 0 saturated carbocycles. The van der Waals surface area contributed by atoms with Crippen molar-refractivity contribution < 1.29 is 17.6 Å². The van der Waals surface area contributed by atoms with E-state index in [2.05, 4.69) is 5.32 Å². The summed E-state index contributed by atoms with van der Waals surface area (Å²) in [6, 6.07) is 4.61. The summed E-state index contributed by atoms with van der Waals surface area (Å²) in [6.45, 7) is 0.861. The van der Waals surface area contributed by atoms with Crippen molar-refractivity contribution in [3.63, 3.8) is 0 Å². The first-order chi connectivity index (χ1) is 8.47. The zero-order valence-corrected chi connectivity index (χ0v) is 9.80. The van der Waals surface area contributed by atoms with Crippen LogP contribution in [0.4, 0.5) is 17.6 Å². The maximum Gasteiger partial charge on any atom is 0.416 e. The monoisotopic (exact) mass is 261 g/mol. The van der Waals surface area contributed by atoms with Gasteiger partial charge in [0.1, 0.15) is 6.17 Å². The minimum absolute atomic E-state index is 0.0783. The summed E-state index contributed by atoms with van der Waals surface area (Å²) in [4.78, 5) is 0. The molecule has 18 heavy (non-hydrogen) atoms. The number of hydrogen-bond donors (Lipinski definition) is 1. The first kappa shape index (κ1) is 13.3. The highest BCUT2D eigenvalue weighted by molar-refractivity contribution is 5.27. The number of rotatable bonds is 3. The van der Waals surface area contributed by atoms with Crippen LogP contribution >= 0.6 is 0 Å². The van der Waals surface area contributed by atoms with E-state index in [1.165, 1.54) is 12.1 Å². The third-order valence-electron chi connectivity index (χ3n) is 3.23. The maximum absolute atomic E-state index is 13.9. The average Bonchev–Trinajstić information content (AvgIpc) is 2.81. The summed E-state index contributed by atoms with van der Waals surface area (Å²) < 4.78 is 51.5. The third kappa shape index (κ3) is 3.22. The molecule has 2 rings (SSSR count). The predicted molar refractivity (Wildman–Crippen MR) is 60.9 cm³/mol. The van der Waals surface area contributed by atoms with Gasteiger partial charge in [0.2, 0.25) is 0 Å². The highest BCUT2D eigenvalue weighted by Gasteiger charge is 2.31. The Labute approximate surface area is 103 Å². The minimum atomic E-state index is -4.42. The molecule has 1 aromatic rings. The molecule has 2 atom stereocenters. The molecule has 2 unspecified atom stereocenters. The van der Waals surface area contributed by atoms with Crippen LogP contribution in [0.2, 0.25) is 0 Å². The Hall–Kier alpha value is -1.10. The molecule has 0 aromatic heterocycles. The fourth-order valence-corrected chi connectivity index (χ4v) is 2.25. The van der Waals surface area contributed by atoms with E-state index >= 15 is 0 Å². The summed E-state index contributed by atoms with van der Waals surface area (Å²) in [7, 11) is 0. The second-order valence-corrected chi connectivity index (χ2v) is 4.62. The Morgan fingerprint density at radius 2 is 2.11 bits per heavy atom.